The van der Waals surface area contributed by atoms with E-state index in [2.05, 4.69) is 0 Å². The molecule has 0 aromatic heterocycles. The first kappa shape index (κ1) is 13.9. The van der Waals surface area contributed by atoms with Crippen molar-refractivity contribution in [1.82, 2.24) is 0 Å². The van der Waals surface area contributed by atoms with Crippen molar-refractivity contribution in [3.8, 4) is 0 Å². The Bertz CT molecular complexity index is 115. The van der Waals surface area contributed by atoms with Crippen molar-refractivity contribution in [3.05, 3.63) is 0 Å². The van der Waals surface area contributed by atoms with E-state index in [-0.39, 0.29) is 0 Å². The molecule has 2 unspecified atom stereocenters. The third-order valence-corrected chi connectivity index (χ3v) is 2.52. The molecule has 0 spiro atoms. The minimum absolute atomic E-state index is 0.290. The Kier molecular flexibility index (Phi) is 9.35. The quantitative estimate of drug-likeness (QED) is 0.493. The zero-order chi connectivity index (χ0) is 10.8. The maximum absolute atomic E-state index is 5.96. The molecule has 2 atom stereocenters. The molecule has 14 heavy (non-hydrogen) atoms. The van der Waals surface area contributed by atoms with Gasteiger partial charge in [-0.25, -0.2) is 0 Å². The molecule has 0 radical (unpaired) electrons. The van der Waals surface area contributed by atoms with Gasteiger partial charge >= 0.3 is 0 Å². The maximum Gasteiger partial charge on any atom is 0.00394 e. The fraction of sp³-hybridized carbons (Fsp3) is 1.00. The van der Waals surface area contributed by atoms with Crippen LogP contribution in [0.2, 0.25) is 0 Å². The van der Waals surface area contributed by atoms with Crippen LogP contribution in [0.3, 0.4) is 0 Å². The van der Waals surface area contributed by atoms with E-state index in [1.165, 1.54) is 19.3 Å². The Morgan fingerprint density at radius 2 is 1.50 bits per heavy atom. The van der Waals surface area contributed by atoms with Gasteiger partial charge in [0.2, 0.25) is 0 Å². The van der Waals surface area contributed by atoms with Gasteiger partial charge in [-0.2, -0.15) is 0 Å². The third-order valence-electron chi connectivity index (χ3n) is 2.52. The third kappa shape index (κ3) is 9.96. The van der Waals surface area contributed by atoms with Crippen LogP contribution in [0.1, 0.15) is 51.9 Å². The van der Waals surface area contributed by atoms with Crippen LogP contribution in [-0.4, -0.2) is 18.6 Å². The van der Waals surface area contributed by atoms with Crippen LogP contribution in [0.5, 0.6) is 0 Å². The molecule has 0 aromatic carbocycles. The Balaban J connectivity index is 3.14. The highest BCUT2D eigenvalue weighted by molar-refractivity contribution is 4.64. The number of hydrogen-bond acceptors (Lipinski definition) is 3. The standard InChI is InChI=1S/C11H27N3/c1-10(13)7-8-11(14)6-4-2-3-5-9-12/h10-11H,2-9,12-14H2,1H3. The summed E-state index contributed by atoms with van der Waals surface area (Å²) < 4.78 is 0. The molecule has 0 amide bonds. The molecular weight excluding hydrogens is 174 g/mol. The smallest absolute Gasteiger partial charge is 0.00394 e. The molecule has 0 aliphatic rings. The second-order valence-electron chi connectivity index (χ2n) is 4.31. The van der Waals surface area contributed by atoms with Crippen molar-refractivity contribution in [3.63, 3.8) is 0 Å². The Hall–Kier alpha value is -0.120. The van der Waals surface area contributed by atoms with E-state index >= 15 is 0 Å². The molecular formula is C11H27N3. The summed E-state index contributed by atoms with van der Waals surface area (Å²) in [5, 5.41) is 0. The van der Waals surface area contributed by atoms with Crippen molar-refractivity contribution in [2.75, 3.05) is 6.54 Å². The SMILES string of the molecule is CC(N)CCC(N)CCCCCCN. The summed E-state index contributed by atoms with van der Waals surface area (Å²) in [5.74, 6) is 0. The second-order valence-corrected chi connectivity index (χ2v) is 4.31. The van der Waals surface area contributed by atoms with E-state index in [0.29, 0.717) is 12.1 Å². The lowest BCUT2D eigenvalue weighted by Gasteiger charge is -2.12. The van der Waals surface area contributed by atoms with Crippen molar-refractivity contribution in [1.29, 1.82) is 0 Å². The molecule has 0 fully saturated rings. The first-order chi connectivity index (χ1) is 6.66. The molecule has 86 valence electrons. The topological polar surface area (TPSA) is 78.1 Å². The fourth-order valence-corrected chi connectivity index (χ4v) is 1.53. The highest BCUT2D eigenvalue weighted by Crippen LogP contribution is 2.08. The lowest BCUT2D eigenvalue weighted by molar-refractivity contribution is 0.485. The van der Waals surface area contributed by atoms with Crippen molar-refractivity contribution in [2.45, 2.75) is 64.0 Å². The molecule has 0 bridgehead atoms. The summed E-state index contributed by atoms with van der Waals surface area (Å²) in [6.45, 7) is 2.85. The van der Waals surface area contributed by atoms with Gasteiger partial charge in [-0.1, -0.05) is 19.3 Å². The van der Waals surface area contributed by atoms with E-state index in [1.54, 1.807) is 0 Å². The monoisotopic (exact) mass is 201 g/mol. The van der Waals surface area contributed by atoms with Gasteiger partial charge in [-0.15, -0.1) is 0 Å². The molecule has 0 heterocycles. The van der Waals surface area contributed by atoms with Gasteiger partial charge in [0.1, 0.15) is 0 Å². The lowest BCUT2D eigenvalue weighted by Crippen LogP contribution is -2.24. The van der Waals surface area contributed by atoms with Crippen LogP contribution in [0.4, 0.5) is 0 Å². The lowest BCUT2D eigenvalue weighted by atomic mass is 10.0. The summed E-state index contributed by atoms with van der Waals surface area (Å²) in [6.07, 6.45) is 8.14. The average Bonchev–Trinajstić information content (AvgIpc) is 2.14. The number of unbranched alkanes of at least 4 members (excludes halogenated alkanes) is 3. The van der Waals surface area contributed by atoms with Crippen LogP contribution < -0.4 is 17.2 Å². The molecule has 6 N–H and O–H groups in total. The van der Waals surface area contributed by atoms with Gasteiger partial charge in [0.15, 0.2) is 0 Å². The minimum atomic E-state index is 0.290. The molecule has 3 nitrogen and oxygen atoms in total. The zero-order valence-electron chi connectivity index (χ0n) is 9.54. The van der Waals surface area contributed by atoms with E-state index in [4.69, 9.17) is 17.2 Å². The summed E-state index contributed by atoms with van der Waals surface area (Å²) >= 11 is 0. The first-order valence-electron chi connectivity index (χ1n) is 5.88. The van der Waals surface area contributed by atoms with Gasteiger partial charge in [0.05, 0.1) is 0 Å². The number of rotatable bonds is 9. The summed E-state index contributed by atoms with van der Waals surface area (Å²) in [5.41, 5.74) is 17.0. The van der Waals surface area contributed by atoms with Crippen LogP contribution >= 0.6 is 0 Å². The van der Waals surface area contributed by atoms with Crippen LogP contribution in [0.25, 0.3) is 0 Å². The van der Waals surface area contributed by atoms with Crippen LogP contribution in [0.15, 0.2) is 0 Å². The summed E-state index contributed by atoms with van der Waals surface area (Å²) in [6, 6.07) is 0.636. The summed E-state index contributed by atoms with van der Waals surface area (Å²) in [7, 11) is 0. The molecule has 0 aliphatic heterocycles. The van der Waals surface area contributed by atoms with Crippen LogP contribution in [-0.2, 0) is 0 Å². The first-order valence-corrected chi connectivity index (χ1v) is 5.88. The second kappa shape index (κ2) is 9.44. The Morgan fingerprint density at radius 3 is 2.07 bits per heavy atom. The molecule has 0 rings (SSSR count). The summed E-state index contributed by atoms with van der Waals surface area (Å²) in [4.78, 5) is 0. The molecule has 0 saturated carbocycles. The fourth-order valence-electron chi connectivity index (χ4n) is 1.53. The zero-order valence-corrected chi connectivity index (χ0v) is 9.54. The Labute approximate surface area is 88.4 Å². The minimum Gasteiger partial charge on any atom is -0.330 e. The van der Waals surface area contributed by atoms with Gasteiger partial charge in [0, 0.05) is 12.1 Å². The van der Waals surface area contributed by atoms with Gasteiger partial charge < -0.3 is 17.2 Å². The number of nitrogens with two attached hydrogens (primary N) is 3. The Morgan fingerprint density at radius 1 is 0.857 bits per heavy atom. The van der Waals surface area contributed by atoms with Crippen molar-refractivity contribution in [2.24, 2.45) is 17.2 Å². The number of hydrogen-bond donors (Lipinski definition) is 3. The van der Waals surface area contributed by atoms with E-state index in [9.17, 15) is 0 Å². The maximum atomic E-state index is 5.96. The van der Waals surface area contributed by atoms with Crippen molar-refractivity contribution >= 4 is 0 Å². The largest absolute Gasteiger partial charge is 0.330 e. The van der Waals surface area contributed by atoms with Gasteiger partial charge in [-0.05, 0) is 39.2 Å². The van der Waals surface area contributed by atoms with E-state index < -0.39 is 0 Å². The van der Waals surface area contributed by atoms with Crippen molar-refractivity contribution < 1.29 is 0 Å². The average molecular weight is 201 g/mol. The molecule has 0 saturated heterocycles. The van der Waals surface area contributed by atoms with Crippen LogP contribution in [0, 0.1) is 0 Å². The molecule has 0 aliphatic carbocycles. The molecule has 0 aromatic rings. The van der Waals surface area contributed by atoms with Gasteiger partial charge in [-0.3, -0.25) is 0 Å². The normalized spacial score (nSPS) is 15.4. The highest BCUT2D eigenvalue weighted by Gasteiger charge is 2.03. The molecule has 3 heteroatoms. The van der Waals surface area contributed by atoms with E-state index in [1.807, 2.05) is 6.92 Å². The van der Waals surface area contributed by atoms with E-state index in [0.717, 1.165) is 32.2 Å². The predicted octanol–water partition coefficient (Wildman–Crippen LogP) is 1.35. The van der Waals surface area contributed by atoms with Gasteiger partial charge in [0.25, 0.3) is 0 Å². The predicted molar refractivity (Wildman–Crippen MR) is 63.0 cm³/mol. The highest BCUT2D eigenvalue weighted by atomic mass is 14.6.